The van der Waals surface area contributed by atoms with Gasteiger partial charge in [-0.3, -0.25) is 14.2 Å². The highest BCUT2D eigenvalue weighted by Crippen LogP contribution is 2.26. The monoisotopic (exact) mass is 293 g/mol. The minimum Gasteiger partial charge on any atom is -0.354 e. The Balaban J connectivity index is 2.47. The van der Waals surface area contributed by atoms with Crippen LogP contribution in [0.15, 0.2) is 11.1 Å². The Hall–Kier alpha value is -1.69. The first kappa shape index (κ1) is 14.7. The van der Waals surface area contributed by atoms with Crippen molar-refractivity contribution in [2.45, 2.75) is 39.7 Å². The van der Waals surface area contributed by atoms with Crippen LogP contribution in [0.5, 0.6) is 0 Å². The summed E-state index contributed by atoms with van der Waals surface area (Å²) in [6, 6.07) is 0. The summed E-state index contributed by atoms with van der Waals surface area (Å²) in [5.41, 5.74) is 0.682. The van der Waals surface area contributed by atoms with Crippen LogP contribution < -0.4 is 10.9 Å². The average Bonchev–Trinajstić information content (AvgIpc) is 2.78. The molecule has 0 aliphatic heterocycles. The van der Waals surface area contributed by atoms with Gasteiger partial charge < -0.3 is 5.32 Å². The zero-order valence-electron chi connectivity index (χ0n) is 12.0. The van der Waals surface area contributed by atoms with E-state index in [1.54, 1.807) is 17.9 Å². The van der Waals surface area contributed by atoms with Crippen molar-refractivity contribution in [1.29, 1.82) is 0 Å². The lowest BCUT2D eigenvalue weighted by Crippen LogP contribution is -2.21. The van der Waals surface area contributed by atoms with Crippen molar-refractivity contribution >= 4 is 27.5 Å². The highest BCUT2D eigenvalue weighted by Gasteiger charge is 2.18. The maximum atomic E-state index is 12.5. The number of carbonyl (C=O) groups excluding carboxylic acids is 1. The van der Waals surface area contributed by atoms with Crippen LogP contribution in [0.4, 0.5) is 0 Å². The third-order valence-electron chi connectivity index (χ3n) is 3.35. The fourth-order valence-electron chi connectivity index (χ4n) is 2.18. The molecule has 0 atom stereocenters. The molecule has 0 aliphatic carbocycles. The van der Waals surface area contributed by atoms with Crippen molar-refractivity contribution in [2.75, 3.05) is 7.05 Å². The van der Waals surface area contributed by atoms with Crippen LogP contribution in [0, 0.1) is 6.92 Å². The second kappa shape index (κ2) is 6.17. The summed E-state index contributed by atoms with van der Waals surface area (Å²) in [6.07, 6.45) is 4.76. The van der Waals surface area contributed by atoms with Gasteiger partial charge in [-0.1, -0.05) is 19.8 Å². The number of amides is 1. The van der Waals surface area contributed by atoms with Gasteiger partial charge in [-0.2, -0.15) is 0 Å². The summed E-state index contributed by atoms with van der Waals surface area (Å²) in [6.45, 7) is 4.62. The van der Waals surface area contributed by atoms with E-state index in [-0.39, 0.29) is 11.5 Å². The van der Waals surface area contributed by atoms with Crippen LogP contribution in [0.25, 0.3) is 10.2 Å². The molecule has 6 heteroatoms. The Bertz CT molecular complexity index is 688. The Morgan fingerprint density at radius 2 is 2.20 bits per heavy atom. The number of fused-ring (bicyclic) bond motifs is 1. The van der Waals surface area contributed by atoms with Gasteiger partial charge in [-0.15, -0.1) is 11.3 Å². The summed E-state index contributed by atoms with van der Waals surface area (Å²) < 4.78 is 1.64. The molecule has 0 aliphatic rings. The molecule has 1 N–H and O–H groups in total. The summed E-state index contributed by atoms with van der Waals surface area (Å²) in [5, 5.41) is 3.17. The molecule has 2 aromatic heterocycles. The molecule has 2 rings (SSSR count). The molecular weight excluding hydrogens is 274 g/mol. The number of aromatic nitrogens is 2. The first-order valence-corrected chi connectivity index (χ1v) is 7.62. The molecule has 0 radical (unpaired) electrons. The van der Waals surface area contributed by atoms with E-state index in [0.717, 1.165) is 24.8 Å². The van der Waals surface area contributed by atoms with E-state index in [1.165, 1.54) is 11.3 Å². The topological polar surface area (TPSA) is 64.0 Å². The van der Waals surface area contributed by atoms with Crippen LogP contribution in [0.2, 0.25) is 0 Å². The lowest BCUT2D eigenvalue weighted by molar-refractivity contribution is 0.0966. The van der Waals surface area contributed by atoms with Crippen LogP contribution in [-0.2, 0) is 6.54 Å². The number of hydrogen-bond acceptors (Lipinski definition) is 4. The first-order chi connectivity index (χ1) is 9.60. The number of carbonyl (C=O) groups is 1. The van der Waals surface area contributed by atoms with Crippen molar-refractivity contribution in [3.05, 3.63) is 27.1 Å². The van der Waals surface area contributed by atoms with E-state index >= 15 is 0 Å². The number of hydrogen-bond donors (Lipinski definition) is 1. The van der Waals surface area contributed by atoms with Gasteiger partial charge in [-0.05, 0) is 18.9 Å². The smallest absolute Gasteiger partial charge is 0.262 e. The van der Waals surface area contributed by atoms with E-state index in [2.05, 4.69) is 17.2 Å². The summed E-state index contributed by atoms with van der Waals surface area (Å²) in [7, 11) is 1.59. The van der Waals surface area contributed by atoms with Gasteiger partial charge in [-0.25, -0.2) is 4.98 Å². The van der Waals surface area contributed by atoms with Crippen LogP contribution >= 0.6 is 11.3 Å². The molecule has 5 nitrogen and oxygen atoms in total. The molecule has 0 unspecified atom stereocenters. The Morgan fingerprint density at radius 1 is 1.45 bits per heavy atom. The van der Waals surface area contributed by atoms with E-state index < -0.39 is 0 Å². The van der Waals surface area contributed by atoms with Gasteiger partial charge in [0.2, 0.25) is 0 Å². The maximum absolute atomic E-state index is 12.5. The third-order valence-corrected chi connectivity index (χ3v) is 4.55. The Labute approximate surface area is 121 Å². The number of nitrogens with one attached hydrogen (secondary N) is 1. The van der Waals surface area contributed by atoms with E-state index in [9.17, 15) is 9.59 Å². The number of aryl methyl sites for hydroxylation is 2. The van der Waals surface area contributed by atoms with E-state index in [4.69, 9.17) is 0 Å². The maximum Gasteiger partial charge on any atom is 0.262 e. The molecule has 2 aromatic rings. The van der Waals surface area contributed by atoms with Crippen LogP contribution in [-0.4, -0.2) is 22.5 Å². The van der Waals surface area contributed by atoms with Gasteiger partial charge in [0.1, 0.15) is 4.83 Å². The quantitative estimate of drug-likeness (QED) is 0.860. The Kier molecular flexibility index (Phi) is 4.54. The molecule has 2 heterocycles. The van der Waals surface area contributed by atoms with E-state index in [0.29, 0.717) is 21.6 Å². The second-order valence-corrected chi connectivity index (χ2v) is 5.76. The van der Waals surface area contributed by atoms with Gasteiger partial charge in [0.15, 0.2) is 0 Å². The summed E-state index contributed by atoms with van der Waals surface area (Å²) in [5.74, 6) is -0.164. The fourth-order valence-corrected chi connectivity index (χ4v) is 3.27. The van der Waals surface area contributed by atoms with Crippen molar-refractivity contribution in [3.8, 4) is 0 Å². The molecule has 0 fully saturated rings. The minimum absolute atomic E-state index is 0.0463. The molecule has 0 aromatic carbocycles. The largest absolute Gasteiger partial charge is 0.354 e. The predicted molar refractivity (Wildman–Crippen MR) is 81.5 cm³/mol. The van der Waals surface area contributed by atoms with E-state index in [1.807, 2.05) is 6.92 Å². The van der Waals surface area contributed by atoms with Crippen LogP contribution in [0.3, 0.4) is 0 Å². The first-order valence-electron chi connectivity index (χ1n) is 6.80. The molecule has 0 saturated carbocycles. The zero-order chi connectivity index (χ0) is 14.7. The lowest BCUT2D eigenvalue weighted by Gasteiger charge is -2.04. The molecule has 20 heavy (non-hydrogen) atoms. The van der Waals surface area contributed by atoms with Gasteiger partial charge >= 0.3 is 0 Å². The molecule has 0 spiro atoms. The van der Waals surface area contributed by atoms with Gasteiger partial charge in [0.25, 0.3) is 11.5 Å². The number of thiophene rings is 1. The molecular formula is C14H19N3O2S. The normalized spacial score (nSPS) is 10.9. The van der Waals surface area contributed by atoms with Crippen molar-refractivity contribution in [1.82, 2.24) is 14.9 Å². The SMILES string of the molecule is CCCCCn1cnc2sc(C(=O)NC)c(C)c2c1=O. The highest BCUT2D eigenvalue weighted by atomic mass is 32.1. The van der Waals surface area contributed by atoms with Crippen LogP contribution in [0.1, 0.15) is 41.4 Å². The summed E-state index contributed by atoms with van der Waals surface area (Å²) >= 11 is 1.27. The average molecular weight is 293 g/mol. The second-order valence-electron chi connectivity index (χ2n) is 4.77. The number of unbranched alkanes of at least 4 members (excludes halogenated alkanes) is 2. The number of rotatable bonds is 5. The molecule has 0 bridgehead atoms. The highest BCUT2D eigenvalue weighted by molar-refractivity contribution is 7.20. The van der Waals surface area contributed by atoms with Gasteiger partial charge in [0, 0.05) is 13.6 Å². The molecule has 0 saturated heterocycles. The third kappa shape index (κ3) is 2.60. The molecule has 1 amide bonds. The molecule has 108 valence electrons. The van der Waals surface area contributed by atoms with Gasteiger partial charge in [0.05, 0.1) is 16.6 Å². The minimum atomic E-state index is -0.164. The standard InChI is InChI=1S/C14H19N3O2S/c1-4-5-6-7-17-8-16-13-10(14(17)19)9(2)11(20-13)12(18)15-3/h8H,4-7H2,1-3H3,(H,15,18). The summed E-state index contributed by atoms with van der Waals surface area (Å²) in [4.78, 5) is 29.8. The zero-order valence-corrected chi connectivity index (χ0v) is 12.8. The fraction of sp³-hybridized carbons (Fsp3) is 0.500. The lowest BCUT2D eigenvalue weighted by atomic mass is 10.2. The Morgan fingerprint density at radius 3 is 2.85 bits per heavy atom. The van der Waals surface area contributed by atoms with Crippen molar-refractivity contribution < 1.29 is 4.79 Å². The predicted octanol–water partition coefficient (Wildman–Crippen LogP) is 2.32. The van der Waals surface area contributed by atoms with Crippen molar-refractivity contribution in [3.63, 3.8) is 0 Å². The number of nitrogens with zero attached hydrogens (tertiary/aromatic N) is 2. The van der Waals surface area contributed by atoms with Crippen molar-refractivity contribution in [2.24, 2.45) is 0 Å².